The number of halogens is 1. The Kier molecular flexibility index (Phi) is 6.28. The molecule has 7 heteroatoms. The molecule has 0 aromatic heterocycles. The van der Waals surface area contributed by atoms with Gasteiger partial charge in [0.2, 0.25) is 0 Å². The fourth-order valence-corrected chi connectivity index (χ4v) is 4.39. The summed E-state index contributed by atoms with van der Waals surface area (Å²) in [4.78, 5) is 32.5. The Balaban J connectivity index is 1.70. The van der Waals surface area contributed by atoms with Gasteiger partial charge in [0.15, 0.2) is 0 Å². The summed E-state index contributed by atoms with van der Waals surface area (Å²) in [5.74, 6) is -0.321. The quantitative estimate of drug-likeness (QED) is 0.650. The highest BCUT2D eigenvalue weighted by Crippen LogP contribution is 2.35. The van der Waals surface area contributed by atoms with Gasteiger partial charge in [-0.2, -0.15) is 0 Å². The predicted molar refractivity (Wildman–Crippen MR) is 120 cm³/mol. The zero-order chi connectivity index (χ0) is 22.8. The Bertz CT molecular complexity index is 1030. The number of likely N-dealkylation sites (N-methyl/N-ethyl adjacent to an activating group) is 1. The third-order valence-corrected chi connectivity index (χ3v) is 6.36. The normalized spacial score (nSPS) is 17.9. The van der Waals surface area contributed by atoms with E-state index in [1.807, 2.05) is 24.1 Å². The molecule has 0 unspecified atom stereocenters. The van der Waals surface area contributed by atoms with Gasteiger partial charge in [-0.25, -0.2) is 4.39 Å². The maximum Gasteiger partial charge on any atom is 0.278 e. The van der Waals surface area contributed by atoms with Crippen LogP contribution in [-0.4, -0.2) is 66.9 Å². The standard InChI is InChI=1S/C25H28FN3O3/c1-27-14-12-20(13-15-27)28(2)23-22(18-6-10-21(32-3)11-7-18)24(30)29(25(23)31)16-17-4-8-19(26)9-5-17/h4-11,20H,12-16H2,1-3H3. The molecule has 2 aliphatic heterocycles. The smallest absolute Gasteiger partial charge is 0.278 e. The molecule has 6 nitrogen and oxygen atoms in total. The van der Waals surface area contributed by atoms with Crippen LogP contribution in [0.1, 0.15) is 24.0 Å². The van der Waals surface area contributed by atoms with E-state index in [0.29, 0.717) is 28.1 Å². The van der Waals surface area contributed by atoms with E-state index in [4.69, 9.17) is 4.74 Å². The molecule has 2 aromatic rings. The van der Waals surface area contributed by atoms with Crippen molar-refractivity contribution in [1.29, 1.82) is 0 Å². The monoisotopic (exact) mass is 437 g/mol. The van der Waals surface area contributed by atoms with E-state index in [2.05, 4.69) is 11.9 Å². The van der Waals surface area contributed by atoms with Gasteiger partial charge in [0.05, 0.1) is 19.2 Å². The highest BCUT2D eigenvalue weighted by Gasteiger charge is 2.42. The first-order valence-corrected chi connectivity index (χ1v) is 10.8. The highest BCUT2D eigenvalue weighted by molar-refractivity contribution is 6.35. The molecular formula is C25H28FN3O3. The van der Waals surface area contributed by atoms with Gasteiger partial charge in [-0.1, -0.05) is 24.3 Å². The Morgan fingerprint density at radius 2 is 1.62 bits per heavy atom. The topological polar surface area (TPSA) is 53.1 Å². The van der Waals surface area contributed by atoms with Gasteiger partial charge in [-0.3, -0.25) is 14.5 Å². The van der Waals surface area contributed by atoms with E-state index in [1.54, 1.807) is 31.4 Å². The number of benzene rings is 2. The van der Waals surface area contributed by atoms with E-state index in [9.17, 15) is 14.0 Å². The van der Waals surface area contributed by atoms with Crippen LogP contribution in [0.3, 0.4) is 0 Å². The number of nitrogens with zero attached hydrogens (tertiary/aromatic N) is 3. The molecule has 2 aromatic carbocycles. The predicted octanol–water partition coefficient (Wildman–Crippen LogP) is 3.14. The minimum atomic E-state index is -0.354. The van der Waals surface area contributed by atoms with Crippen molar-refractivity contribution < 1.29 is 18.7 Å². The maximum absolute atomic E-state index is 13.5. The minimum absolute atomic E-state index is 0.0995. The van der Waals surface area contributed by atoms with Crippen LogP contribution < -0.4 is 4.74 Å². The zero-order valence-corrected chi connectivity index (χ0v) is 18.7. The van der Waals surface area contributed by atoms with Gasteiger partial charge in [-0.15, -0.1) is 0 Å². The fraction of sp³-hybridized carbons (Fsp3) is 0.360. The van der Waals surface area contributed by atoms with Crippen LogP contribution in [0.25, 0.3) is 5.57 Å². The molecule has 4 rings (SSSR count). The van der Waals surface area contributed by atoms with Crippen molar-refractivity contribution in [3.05, 3.63) is 71.2 Å². The Hall–Kier alpha value is -3.19. The van der Waals surface area contributed by atoms with Gasteiger partial charge >= 0.3 is 0 Å². The molecule has 0 aliphatic carbocycles. The molecule has 1 saturated heterocycles. The van der Waals surface area contributed by atoms with Gasteiger partial charge in [0.25, 0.3) is 11.8 Å². The summed E-state index contributed by atoms with van der Waals surface area (Å²) in [5.41, 5.74) is 2.21. The van der Waals surface area contributed by atoms with E-state index in [1.165, 1.54) is 17.0 Å². The number of piperidine rings is 1. The second-order valence-corrected chi connectivity index (χ2v) is 8.42. The average molecular weight is 438 g/mol. The zero-order valence-electron chi connectivity index (χ0n) is 18.7. The van der Waals surface area contributed by atoms with Crippen molar-refractivity contribution in [3.8, 4) is 5.75 Å². The Morgan fingerprint density at radius 1 is 1.00 bits per heavy atom. The molecule has 0 atom stereocenters. The first-order valence-electron chi connectivity index (χ1n) is 10.8. The van der Waals surface area contributed by atoms with Gasteiger partial charge in [0, 0.05) is 13.1 Å². The lowest BCUT2D eigenvalue weighted by Gasteiger charge is -2.36. The molecule has 2 heterocycles. The Morgan fingerprint density at radius 3 is 2.22 bits per heavy atom. The van der Waals surface area contributed by atoms with Crippen LogP contribution in [0, 0.1) is 5.82 Å². The molecule has 0 bridgehead atoms. The number of carbonyl (C=O) groups is 2. The largest absolute Gasteiger partial charge is 0.497 e. The van der Waals surface area contributed by atoms with E-state index >= 15 is 0 Å². The molecule has 2 aliphatic rings. The van der Waals surface area contributed by atoms with Crippen molar-refractivity contribution >= 4 is 17.4 Å². The number of carbonyl (C=O) groups excluding carboxylic acids is 2. The lowest BCUT2D eigenvalue weighted by molar-refractivity contribution is -0.138. The third kappa shape index (κ3) is 4.25. The van der Waals surface area contributed by atoms with Gasteiger partial charge in [0.1, 0.15) is 17.3 Å². The van der Waals surface area contributed by atoms with Gasteiger partial charge in [-0.05, 0) is 68.4 Å². The summed E-state index contributed by atoms with van der Waals surface area (Å²) in [6.07, 6.45) is 1.84. The molecule has 0 saturated carbocycles. The molecule has 0 radical (unpaired) electrons. The third-order valence-electron chi connectivity index (χ3n) is 6.36. The number of ether oxygens (including phenoxy) is 1. The molecular weight excluding hydrogens is 409 g/mol. The summed E-state index contributed by atoms with van der Waals surface area (Å²) in [5, 5.41) is 0. The molecule has 0 spiro atoms. The van der Waals surface area contributed by atoms with Crippen LogP contribution in [0.2, 0.25) is 0 Å². The summed E-state index contributed by atoms with van der Waals surface area (Å²) < 4.78 is 18.6. The van der Waals surface area contributed by atoms with E-state index < -0.39 is 0 Å². The minimum Gasteiger partial charge on any atom is -0.497 e. The fourth-order valence-electron chi connectivity index (χ4n) is 4.39. The Labute approximate surface area is 187 Å². The molecule has 0 N–H and O–H groups in total. The first-order chi connectivity index (χ1) is 15.4. The van der Waals surface area contributed by atoms with Crippen molar-refractivity contribution in [2.75, 3.05) is 34.3 Å². The number of methoxy groups -OCH3 is 1. The van der Waals surface area contributed by atoms with Crippen LogP contribution in [0.5, 0.6) is 5.75 Å². The lowest BCUT2D eigenvalue weighted by atomic mass is 10.00. The first kappa shape index (κ1) is 22.0. The highest BCUT2D eigenvalue weighted by atomic mass is 19.1. The van der Waals surface area contributed by atoms with Crippen molar-refractivity contribution in [3.63, 3.8) is 0 Å². The number of likely N-dealkylation sites (tertiary alicyclic amines) is 1. The molecule has 168 valence electrons. The second kappa shape index (κ2) is 9.12. The summed E-state index contributed by atoms with van der Waals surface area (Å²) in [6.45, 7) is 1.99. The van der Waals surface area contributed by atoms with Crippen molar-refractivity contribution in [2.45, 2.75) is 25.4 Å². The van der Waals surface area contributed by atoms with Crippen molar-refractivity contribution in [1.82, 2.24) is 14.7 Å². The number of amides is 2. The van der Waals surface area contributed by atoms with E-state index in [-0.39, 0.29) is 30.2 Å². The number of hydrogen-bond donors (Lipinski definition) is 0. The second-order valence-electron chi connectivity index (χ2n) is 8.42. The number of imide groups is 1. The molecule has 1 fully saturated rings. The summed E-state index contributed by atoms with van der Waals surface area (Å²) in [6, 6.07) is 13.2. The van der Waals surface area contributed by atoms with Crippen LogP contribution in [0.4, 0.5) is 4.39 Å². The van der Waals surface area contributed by atoms with Crippen LogP contribution in [0.15, 0.2) is 54.2 Å². The molecule has 2 amide bonds. The van der Waals surface area contributed by atoms with E-state index in [0.717, 1.165) is 25.9 Å². The van der Waals surface area contributed by atoms with Crippen LogP contribution in [-0.2, 0) is 16.1 Å². The lowest BCUT2D eigenvalue weighted by Crippen LogP contribution is -2.43. The summed E-state index contributed by atoms with van der Waals surface area (Å²) in [7, 11) is 5.58. The average Bonchev–Trinajstić information content (AvgIpc) is 3.05. The van der Waals surface area contributed by atoms with Gasteiger partial charge < -0.3 is 14.5 Å². The SMILES string of the molecule is COc1ccc(C2=C(N(C)C3CCN(C)CC3)C(=O)N(Cc3ccc(F)cc3)C2=O)cc1. The summed E-state index contributed by atoms with van der Waals surface area (Å²) >= 11 is 0. The number of hydrogen-bond acceptors (Lipinski definition) is 5. The number of rotatable bonds is 6. The van der Waals surface area contributed by atoms with Crippen LogP contribution >= 0.6 is 0 Å². The van der Waals surface area contributed by atoms with Crippen molar-refractivity contribution in [2.24, 2.45) is 0 Å². The molecule has 32 heavy (non-hydrogen) atoms. The maximum atomic E-state index is 13.5.